The Bertz CT molecular complexity index is 333. The number of nitrogens with zero attached hydrogens (tertiary/aromatic N) is 1. The molecule has 0 aliphatic carbocycles. The minimum atomic E-state index is -0.0971. The van der Waals surface area contributed by atoms with Crippen LogP contribution in [0.5, 0.6) is 0 Å². The number of rotatable bonds is 6. The minimum Gasteiger partial charge on any atom is -0.383 e. The Hall–Kier alpha value is -1.62. The first-order chi connectivity index (χ1) is 7.26. The summed E-state index contributed by atoms with van der Waals surface area (Å²) in [6.07, 6.45) is 4.07. The fraction of sp³-hybridized carbons (Fsp3) is 0.400. The highest BCUT2D eigenvalue weighted by molar-refractivity contribution is 5.77. The molecular weight excluding hydrogens is 196 g/mol. The summed E-state index contributed by atoms with van der Waals surface area (Å²) in [6, 6.07) is 1.66. The summed E-state index contributed by atoms with van der Waals surface area (Å²) < 4.78 is 6.45. The quantitative estimate of drug-likeness (QED) is 0.533. The number of carbonyl (C=O) groups excluding carboxylic acids is 2. The van der Waals surface area contributed by atoms with E-state index in [2.05, 4.69) is 5.32 Å². The van der Waals surface area contributed by atoms with Crippen molar-refractivity contribution < 1.29 is 14.3 Å². The Labute approximate surface area is 88.0 Å². The van der Waals surface area contributed by atoms with Gasteiger partial charge in [-0.3, -0.25) is 9.59 Å². The summed E-state index contributed by atoms with van der Waals surface area (Å²) in [6.45, 7) is 1.21. The van der Waals surface area contributed by atoms with Gasteiger partial charge in [0.25, 0.3) is 0 Å². The van der Waals surface area contributed by atoms with Gasteiger partial charge in [-0.05, 0) is 6.07 Å². The van der Waals surface area contributed by atoms with Crippen LogP contribution < -0.4 is 5.32 Å². The third-order valence-electron chi connectivity index (χ3n) is 1.86. The van der Waals surface area contributed by atoms with E-state index in [9.17, 15) is 9.59 Å². The van der Waals surface area contributed by atoms with Crippen molar-refractivity contribution in [2.24, 2.45) is 0 Å². The summed E-state index contributed by atoms with van der Waals surface area (Å²) in [7, 11) is 1.58. The van der Waals surface area contributed by atoms with Crippen molar-refractivity contribution in [2.75, 3.05) is 20.3 Å². The van der Waals surface area contributed by atoms with Gasteiger partial charge in [-0.1, -0.05) is 0 Å². The number of methoxy groups -OCH3 is 1. The molecule has 1 aromatic heterocycles. The molecule has 1 aromatic rings. The van der Waals surface area contributed by atoms with E-state index in [-0.39, 0.29) is 12.5 Å². The largest absolute Gasteiger partial charge is 0.383 e. The normalized spacial score (nSPS) is 9.93. The van der Waals surface area contributed by atoms with Gasteiger partial charge >= 0.3 is 0 Å². The Morgan fingerprint density at radius 2 is 2.47 bits per heavy atom. The number of amides is 1. The molecule has 15 heavy (non-hydrogen) atoms. The monoisotopic (exact) mass is 210 g/mol. The van der Waals surface area contributed by atoms with E-state index in [0.29, 0.717) is 18.7 Å². The molecule has 1 rings (SSSR count). The molecular formula is C10H14N2O3. The lowest BCUT2D eigenvalue weighted by atomic mass is 10.4. The van der Waals surface area contributed by atoms with Gasteiger partial charge in [0.15, 0.2) is 6.29 Å². The molecule has 0 bridgehead atoms. The van der Waals surface area contributed by atoms with Crippen LogP contribution in [0.2, 0.25) is 0 Å². The fourth-order valence-corrected chi connectivity index (χ4v) is 1.14. The van der Waals surface area contributed by atoms with E-state index in [1.165, 1.54) is 0 Å². The molecule has 0 spiro atoms. The van der Waals surface area contributed by atoms with Crippen LogP contribution in [0.1, 0.15) is 10.4 Å². The van der Waals surface area contributed by atoms with E-state index < -0.39 is 0 Å². The third kappa shape index (κ3) is 3.95. The highest BCUT2D eigenvalue weighted by Gasteiger charge is 2.02. The van der Waals surface area contributed by atoms with Crippen molar-refractivity contribution in [1.82, 2.24) is 9.88 Å². The molecule has 82 valence electrons. The first-order valence-electron chi connectivity index (χ1n) is 4.63. The van der Waals surface area contributed by atoms with Gasteiger partial charge in [0.05, 0.1) is 6.61 Å². The van der Waals surface area contributed by atoms with Crippen molar-refractivity contribution in [1.29, 1.82) is 0 Å². The molecule has 0 saturated heterocycles. The molecule has 0 aliphatic rings. The second-order valence-corrected chi connectivity index (χ2v) is 3.08. The zero-order valence-electron chi connectivity index (χ0n) is 8.60. The summed E-state index contributed by atoms with van der Waals surface area (Å²) in [5.41, 5.74) is 0.569. The van der Waals surface area contributed by atoms with Crippen molar-refractivity contribution in [2.45, 2.75) is 6.54 Å². The average Bonchev–Trinajstić information content (AvgIpc) is 2.66. The van der Waals surface area contributed by atoms with Crippen LogP contribution in [0.3, 0.4) is 0 Å². The van der Waals surface area contributed by atoms with Crippen LogP contribution in [0, 0.1) is 0 Å². The molecule has 1 heterocycles. The lowest BCUT2D eigenvalue weighted by Crippen LogP contribution is -2.29. The zero-order chi connectivity index (χ0) is 11.1. The summed E-state index contributed by atoms with van der Waals surface area (Å²) >= 11 is 0. The van der Waals surface area contributed by atoms with E-state index in [1.807, 2.05) is 0 Å². The zero-order valence-corrected chi connectivity index (χ0v) is 8.60. The van der Waals surface area contributed by atoms with Crippen molar-refractivity contribution in [3.8, 4) is 0 Å². The molecule has 1 N–H and O–H groups in total. The maximum atomic E-state index is 11.3. The van der Waals surface area contributed by atoms with E-state index >= 15 is 0 Å². The average molecular weight is 210 g/mol. The molecule has 5 nitrogen and oxygen atoms in total. The second kappa shape index (κ2) is 5.98. The van der Waals surface area contributed by atoms with Crippen LogP contribution in [0.4, 0.5) is 0 Å². The van der Waals surface area contributed by atoms with Gasteiger partial charge in [-0.25, -0.2) is 0 Å². The molecule has 0 aromatic carbocycles. The molecule has 5 heteroatoms. The summed E-state index contributed by atoms with van der Waals surface area (Å²) in [4.78, 5) is 21.7. The molecule has 0 radical (unpaired) electrons. The molecule has 0 unspecified atom stereocenters. The highest BCUT2D eigenvalue weighted by Crippen LogP contribution is 1.97. The SMILES string of the molecule is COCCNC(=O)Cn1ccc(C=O)c1. The number of ether oxygens (including phenoxy) is 1. The van der Waals surface area contributed by atoms with Crippen LogP contribution in [0.15, 0.2) is 18.5 Å². The van der Waals surface area contributed by atoms with Crippen LogP contribution in [-0.4, -0.2) is 37.0 Å². The van der Waals surface area contributed by atoms with Crippen molar-refractivity contribution in [3.63, 3.8) is 0 Å². The summed E-state index contributed by atoms with van der Waals surface area (Å²) in [5, 5.41) is 2.69. The minimum absolute atomic E-state index is 0.0971. The van der Waals surface area contributed by atoms with Gasteiger partial charge in [-0.2, -0.15) is 0 Å². The second-order valence-electron chi connectivity index (χ2n) is 3.08. The molecule has 1 amide bonds. The topological polar surface area (TPSA) is 60.3 Å². The number of aldehydes is 1. The Morgan fingerprint density at radius 1 is 1.67 bits per heavy atom. The fourth-order valence-electron chi connectivity index (χ4n) is 1.14. The molecule has 0 fully saturated rings. The highest BCUT2D eigenvalue weighted by atomic mass is 16.5. The standard InChI is InChI=1S/C10H14N2O3/c1-15-5-3-11-10(14)7-12-4-2-9(6-12)8-13/h2,4,6,8H,3,5,7H2,1H3,(H,11,14). The Kier molecular flexibility index (Phi) is 4.56. The van der Waals surface area contributed by atoms with E-state index in [4.69, 9.17) is 4.74 Å². The van der Waals surface area contributed by atoms with Gasteiger partial charge in [-0.15, -0.1) is 0 Å². The van der Waals surface area contributed by atoms with Gasteiger partial charge in [0, 0.05) is 31.6 Å². The third-order valence-corrected chi connectivity index (χ3v) is 1.86. The van der Waals surface area contributed by atoms with Crippen LogP contribution >= 0.6 is 0 Å². The van der Waals surface area contributed by atoms with E-state index in [0.717, 1.165) is 6.29 Å². The van der Waals surface area contributed by atoms with Crippen molar-refractivity contribution in [3.05, 3.63) is 24.0 Å². The predicted octanol–water partition coefficient (Wildman–Crippen LogP) is 0.0632. The van der Waals surface area contributed by atoms with Crippen LogP contribution in [0.25, 0.3) is 0 Å². The smallest absolute Gasteiger partial charge is 0.239 e. The van der Waals surface area contributed by atoms with Gasteiger partial charge in [0.1, 0.15) is 6.54 Å². The number of aromatic nitrogens is 1. The molecule has 0 saturated carbocycles. The van der Waals surface area contributed by atoms with Crippen molar-refractivity contribution >= 4 is 12.2 Å². The van der Waals surface area contributed by atoms with E-state index in [1.54, 1.807) is 30.1 Å². The van der Waals surface area contributed by atoms with Crippen LogP contribution in [-0.2, 0) is 16.1 Å². The lowest BCUT2D eigenvalue weighted by molar-refractivity contribution is -0.121. The Balaban J connectivity index is 2.34. The first kappa shape index (κ1) is 11.5. The number of hydrogen-bond acceptors (Lipinski definition) is 3. The summed E-state index contributed by atoms with van der Waals surface area (Å²) in [5.74, 6) is -0.0971. The predicted molar refractivity (Wildman–Crippen MR) is 54.7 cm³/mol. The molecule has 0 atom stereocenters. The number of nitrogens with one attached hydrogen (secondary N) is 1. The first-order valence-corrected chi connectivity index (χ1v) is 4.63. The number of carbonyl (C=O) groups is 2. The van der Waals surface area contributed by atoms with Gasteiger partial charge < -0.3 is 14.6 Å². The molecule has 0 aliphatic heterocycles. The number of hydrogen-bond donors (Lipinski definition) is 1. The van der Waals surface area contributed by atoms with Gasteiger partial charge in [0.2, 0.25) is 5.91 Å². The maximum absolute atomic E-state index is 11.3. The Morgan fingerprint density at radius 3 is 3.07 bits per heavy atom. The maximum Gasteiger partial charge on any atom is 0.239 e. The lowest BCUT2D eigenvalue weighted by Gasteiger charge is -2.04.